The standard InChI is InChI=1S/C13H8Br2FN3/c14-6-4-7(11(17)8(15)5-6)13-18-10-3-1-2-9(16)12(10)19-13/h1-5H,17H2,(H,18,19). The lowest BCUT2D eigenvalue weighted by molar-refractivity contribution is 0.637. The average Bonchev–Trinajstić information content (AvgIpc) is 2.79. The SMILES string of the molecule is Nc1c(Br)cc(Br)cc1-c1nc2c(F)cccc2[nH]1. The van der Waals surface area contributed by atoms with Gasteiger partial charge in [-0.25, -0.2) is 9.37 Å². The van der Waals surface area contributed by atoms with Crippen LogP contribution in [0, 0.1) is 5.82 Å². The Hall–Kier alpha value is -1.40. The molecule has 3 nitrogen and oxygen atoms in total. The maximum absolute atomic E-state index is 13.6. The number of rotatable bonds is 1. The summed E-state index contributed by atoms with van der Waals surface area (Å²) < 4.78 is 15.3. The molecule has 3 aromatic rings. The van der Waals surface area contributed by atoms with Crippen LogP contribution in [-0.4, -0.2) is 9.97 Å². The number of fused-ring (bicyclic) bond motifs is 1. The van der Waals surface area contributed by atoms with Crippen LogP contribution in [0.5, 0.6) is 0 Å². The Morgan fingerprint density at radius 1 is 1.21 bits per heavy atom. The van der Waals surface area contributed by atoms with Crippen molar-refractivity contribution in [2.24, 2.45) is 0 Å². The summed E-state index contributed by atoms with van der Waals surface area (Å²) in [7, 11) is 0. The Morgan fingerprint density at radius 2 is 2.00 bits per heavy atom. The minimum atomic E-state index is -0.354. The van der Waals surface area contributed by atoms with Gasteiger partial charge in [0.2, 0.25) is 0 Å². The largest absolute Gasteiger partial charge is 0.397 e. The number of nitrogen functional groups attached to an aromatic ring is 1. The predicted octanol–water partition coefficient (Wildman–Crippen LogP) is 4.48. The topological polar surface area (TPSA) is 54.7 Å². The highest BCUT2D eigenvalue weighted by molar-refractivity contribution is 9.11. The second kappa shape index (κ2) is 4.61. The maximum Gasteiger partial charge on any atom is 0.151 e. The number of aromatic amines is 1. The molecule has 96 valence electrons. The van der Waals surface area contributed by atoms with Crippen molar-refractivity contribution in [3.8, 4) is 11.4 Å². The van der Waals surface area contributed by atoms with Crippen LogP contribution in [0.1, 0.15) is 0 Å². The van der Waals surface area contributed by atoms with Crippen LogP contribution < -0.4 is 5.73 Å². The summed E-state index contributed by atoms with van der Waals surface area (Å²) in [5.41, 5.74) is 8.26. The Labute approximate surface area is 125 Å². The van der Waals surface area contributed by atoms with Gasteiger partial charge >= 0.3 is 0 Å². The number of hydrogen-bond acceptors (Lipinski definition) is 2. The van der Waals surface area contributed by atoms with Gasteiger partial charge in [-0.05, 0) is 40.2 Å². The first-order valence-electron chi connectivity index (χ1n) is 5.45. The van der Waals surface area contributed by atoms with Crippen molar-refractivity contribution >= 4 is 48.6 Å². The molecule has 2 aromatic carbocycles. The first-order chi connectivity index (χ1) is 9.06. The molecule has 6 heteroatoms. The minimum Gasteiger partial charge on any atom is -0.397 e. The molecule has 0 aliphatic heterocycles. The Kier molecular flexibility index (Phi) is 3.06. The number of imidazole rings is 1. The Morgan fingerprint density at radius 3 is 2.74 bits per heavy atom. The number of benzene rings is 2. The average molecular weight is 385 g/mol. The first-order valence-corrected chi connectivity index (χ1v) is 7.04. The summed E-state index contributed by atoms with van der Waals surface area (Å²) >= 11 is 6.78. The van der Waals surface area contributed by atoms with Gasteiger partial charge in [-0.15, -0.1) is 0 Å². The normalized spacial score (nSPS) is 11.1. The Bertz CT molecular complexity index is 783. The molecule has 0 saturated heterocycles. The van der Waals surface area contributed by atoms with Crippen LogP contribution in [0.25, 0.3) is 22.4 Å². The lowest BCUT2D eigenvalue weighted by atomic mass is 10.2. The second-order valence-corrected chi connectivity index (χ2v) is 5.84. The zero-order chi connectivity index (χ0) is 13.6. The van der Waals surface area contributed by atoms with Gasteiger partial charge in [-0.3, -0.25) is 0 Å². The predicted molar refractivity (Wildman–Crippen MR) is 81.3 cm³/mol. The molecule has 3 rings (SSSR count). The third-order valence-corrected chi connectivity index (χ3v) is 3.93. The van der Waals surface area contributed by atoms with Gasteiger partial charge in [0.15, 0.2) is 5.82 Å². The summed E-state index contributed by atoms with van der Waals surface area (Å²) in [5.74, 6) is 0.187. The lowest BCUT2D eigenvalue weighted by Gasteiger charge is -2.05. The zero-order valence-electron chi connectivity index (χ0n) is 9.55. The van der Waals surface area contributed by atoms with E-state index >= 15 is 0 Å². The van der Waals surface area contributed by atoms with Gasteiger partial charge in [0.05, 0.1) is 11.2 Å². The molecule has 0 aliphatic rings. The maximum atomic E-state index is 13.6. The number of H-pyrrole nitrogens is 1. The molecule has 0 fully saturated rings. The zero-order valence-corrected chi connectivity index (χ0v) is 12.7. The molecule has 0 atom stereocenters. The number of hydrogen-bond donors (Lipinski definition) is 2. The molecular formula is C13H8Br2FN3. The van der Waals surface area contributed by atoms with E-state index in [9.17, 15) is 4.39 Å². The smallest absolute Gasteiger partial charge is 0.151 e. The van der Waals surface area contributed by atoms with Gasteiger partial charge in [-0.1, -0.05) is 22.0 Å². The van der Waals surface area contributed by atoms with Crippen LogP contribution in [0.2, 0.25) is 0 Å². The van der Waals surface area contributed by atoms with E-state index in [4.69, 9.17) is 5.73 Å². The first kappa shape index (κ1) is 12.6. The van der Waals surface area contributed by atoms with E-state index in [2.05, 4.69) is 41.8 Å². The summed E-state index contributed by atoms with van der Waals surface area (Å²) in [4.78, 5) is 7.35. The second-order valence-electron chi connectivity index (χ2n) is 4.07. The highest BCUT2D eigenvalue weighted by Gasteiger charge is 2.13. The number of nitrogens with one attached hydrogen (secondary N) is 1. The van der Waals surface area contributed by atoms with Gasteiger partial charge in [-0.2, -0.15) is 0 Å². The van der Waals surface area contributed by atoms with Crippen LogP contribution in [0.15, 0.2) is 39.3 Å². The molecule has 0 amide bonds. The van der Waals surface area contributed by atoms with Crippen molar-refractivity contribution in [1.29, 1.82) is 0 Å². The molecule has 19 heavy (non-hydrogen) atoms. The molecule has 1 heterocycles. The molecule has 0 spiro atoms. The number of nitrogens with two attached hydrogens (primary N) is 1. The van der Waals surface area contributed by atoms with Crippen LogP contribution >= 0.6 is 31.9 Å². The Balaban J connectivity index is 2.28. The van der Waals surface area contributed by atoms with Crippen LogP contribution in [0.4, 0.5) is 10.1 Å². The van der Waals surface area contributed by atoms with Crippen molar-refractivity contribution in [2.75, 3.05) is 5.73 Å². The van der Waals surface area contributed by atoms with E-state index in [-0.39, 0.29) is 5.82 Å². The van der Waals surface area contributed by atoms with Crippen molar-refractivity contribution < 1.29 is 4.39 Å². The lowest BCUT2D eigenvalue weighted by Crippen LogP contribution is -1.93. The van der Waals surface area contributed by atoms with Gasteiger partial charge in [0, 0.05) is 14.5 Å². The number of halogens is 3. The molecule has 0 saturated carbocycles. The number of nitrogens with zero attached hydrogens (tertiary/aromatic N) is 1. The molecular weight excluding hydrogens is 377 g/mol. The molecule has 0 aliphatic carbocycles. The third-order valence-electron chi connectivity index (χ3n) is 2.81. The fourth-order valence-electron chi connectivity index (χ4n) is 1.91. The third kappa shape index (κ3) is 2.15. The summed E-state index contributed by atoms with van der Waals surface area (Å²) in [5, 5.41) is 0. The van der Waals surface area contributed by atoms with Crippen LogP contribution in [0.3, 0.4) is 0 Å². The van der Waals surface area contributed by atoms with E-state index in [0.29, 0.717) is 22.5 Å². The summed E-state index contributed by atoms with van der Waals surface area (Å²) in [6, 6.07) is 8.49. The highest BCUT2D eigenvalue weighted by Crippen LogP contribution is 2.34. The van der Waals surface area contributed by atoms with Crippen molar-refractivity contribution in [1.82, 2.24) is 9.97 Å². The highest BCUT2D eigenvalue weighted by atomic mass is 79.9. The van der Waals surface area contributed by atoms with Gasteiger partial charge in [0.1, 0.15) is 11.3 Å². The molecule has 1 aromatic heterocycles. The van der Waals surface area contributed by atoms with E-state index in [0.717, 1.165) is 14.5 Å². The summed E-state index contributed by atoms with van der Waals surface area (Å²) in [6.07, 6.45) is 0. The number of aromatic nitrogens is 2. The van der Waals surface area contributed by atoms with E-state index in [1.807, 2.05) is 12.1 Å². The molecule has 0 bridgehead atoms. The van der Waals surface area contributed by atoms with Crippen molar-refractivity contribution in [3.05, 3.63) is 45.1 Å². The quantitative estimate of drug-likeness (QED) is 0.608. The molecule has 3 N–H and O–H groups in total. The van der Waals surface area contributed by atoms with E-state index in [1.165, 1.54) is 6.07 Å². The fraction of sp³-hybridized carbons (Fsp3) is 0. The number of para-hydroxylation sites is 1. The molecule has 0 unspecified atom stereocenters. The summed E-state index contributed by atoms with van der Waals surface area (Å²) in [6.45, 7) is 0. The van der Waals surface area contributed by atoms with E-state index in [1.54, 1.807) is 12.1 Å². The van der Waals surface area contributed by atoms with Gasteiger partial charge < -0.3 is 10.7 Å². The van der Waals surface area contributed by atoms with E-state index < -0.39 is 0 Å². The van der Waals surface area contributed by atoms with Crippen molar-refractivity contribution in [2.45, 2.75) is 0 Å². The van der Waals surface area contributed by atoms with Gasteiger partial charge in [0.25, 0.3) is 0 Å². The molecule has 0 radical (unpaired) electrons. The van der Waals surface area contributed by atoms with Crippen LogP contribution in [-0.2, 0) is 0 Å². The monoisotopic (exact) mass is 383 g/mol. The van der Waals surface area contributed by atoms with Crippen molar-refractivity contribution in [3.63, 3.8) is 0 Å². The fourth-order valence-corrected chi connectivity index (χ4v) is 3.13. The minimum absolute atomic E-state index is 0.313. The number of anilines is 1.